The second-order valence-corrected chi connectivity index (χ2v) is 4.01. The van der Waals surface area contributed by atoms with Crippen molar-refractivity contribution in [1.29, 1.82) is 0 Å². The summed E-state index contributed by atoms with van der Waals surface area (Å²) in [5, 5.41) is 0. The zero-order chi connectivity index (χ0) is 12.8. The highest BCUT2D eigenvalue weighted by Gasteiger charge is 2.16. The third kappa shape index (κ3) is 3.52. The fraction of sp³-hybridized carbons (Fsp3) is 0.636. The molecule has 7 nitrogen and oxygen atoms in total. The third-order valence-corrected chi connectivity index (χ3v) is 2.63. The van der Waals surface area contributed by atoms with Gasteiger partial charge in [-0.3, -0.25) is 0 Å². The van der Waals surface area contributed by atoms with Crippen LogP contribution in [0.2, 0.25) is 0 Å². The number of nitrogens with zero attached hydrogens (tertiary/aromatic N) is 2. The predicted octanol–water partition coefficient (Wildman–Crippen LogP) is 0.466. The summed E-state index contributed by atoms with van der Waals surface area (Å²) in [4.78, 5) is 8.43. The molecule has 1 aliphatic heterocycles. The molecule has 3 N–H and O–H groups in total. The average Bonchev–Trinajstić information content (AvgIpc) is 2.40. The van der Waals surface area contributed by atoms with Gasteiger partial charge in [0.05, 0.1) is 13.2 Å². The van der Waals surface area contributed by atoms with Gasteiger partial charge in [-0.2, -0.15) is 4.98 Å². The smallest absolute Gasteiger partial charge is 0.219 e. The van der Waals surface area contributed by atoms with Crippen LogP contribution in [0.3, 0.4) is 0 Å². The number of hydrogen-bond acceptors (Lipinski definition) is 7. The van der Waals surface area contributed by atoms with Gasteiger partial charge in [-0.15, -0.1) is 0 Å². The standard InChI is InChI=1S/C11H18N4O3/c1-16-7-10-13-9(15-12)6-11(14-10)18-8-2-4-17-5-3-8/h6,8H,2-5,7,12H2,1H3,(H,13,14,15). The van der Waals surface area contributed by atoms with Crippen LogP contribution in [0.4, 0.5) is 5.82 Å². The van der Waals surface area contributed by atoms with Crippen molar-refractivity contribution >= 4 is 5.82 Å². The minimum absolute atomic E-state index is 0.134. The maximum Gasteiger partial charge on any atom is 0.219 e. The lowest BCUT2D eigenvalue weighted by Gasteiger charge is -2.23. The molecule has 2 rings (SSSR count). The number of nitrogens with one attached hydrogen (secondary N) is 1. The molecule has 1 fully saturated rings. The van der Waals surface area contributed by atoms with Gasteiger partial charge in [0.2, 0.25) is 5.88 Å². The molecule has 18 heavy (non-hydrogen) atoms. The molecule has 1 aromatic rings. The van der Waals surface area contributed by atoms with Crippen LogP contribution in [0.1, 0.15) is 18.7 Å². The quantitative estimate of drug-likeness (QED) is 0.582. The number of methoxy groups -OCH3 is 1. The van der Waals surface area contributed by atoms with Crippen molar-refractivity contribution in [3.05, 3.63) is 11.9 Å². The van der Waals surface area contributed by atoms with E-state index in [1.165, 1.54) is 0 Å². The van der Waals surface area contributed by atoms with Crippen molar-refractivity contribution in [2.75, 3.05) is 25.7 Å². The molecule has 1 aliphatic rings. The topological polar surface area (TPSA) is 91.5 Å². The molecule has 0 atom stereocenters. The second-order valence-electron chi connectivity index (χ2n) is 4.01. The van der Waals surface area contributed by atoms with Crippen LogP contribution in [0.15, 0.2) is 6.07 Å². The molecule has 7 heteroatoms. The van der Waals surface area contributed by atoms with Gasteiger partial charge < -0.3 is 19.6 Å². The van der Waals surface area contributed by atoms with Gasteiger partial charge in [0.1, 0.15) is 18.5 Å². The summed E-state index contributed by atoms with van der Waals surface area (Å²) < 4.78 is 16.1. The Morgan fingerprint density at radius 1 is 1.44 bits per heavy atom. The van der Waals surface area contributed by atoms with Gasteiger partial charge in [0.25, 0.3) is 0 Å². The predicted molar refractivity (Wildman–Crippen MR) is 65.0 cm³/mol. The first kappa shape index (κ1) is 13.0. The van der Waals surface area contributed by atoms with Gasteiger partial charge in [-0.1, -0.05) is 0 Å². The van der Waals surface area contributed by atoms with Crippen LogP contribution in [-0.2, 0) is 16.1 Å². The maximum absolute atomic E-state index is 5.80. The summed E-state index contributed by atoms with van der Waals surface area (Å²) in [7, 11) is 1.59. The molecule has 0 radical (unpaired) electrons. The number of aromatic nitrogens is 2. The zero-order valence-electron chi connectivity index (χ0n) is 10.4. The Morgan fingerprint density at radius 3 is 2.89 bits per heavy atom. The average molecular weight is 254 g/mol. The Bertz CT molecular complexity index is 383. The van der Waals surface area contributed by atoms with Crippen LogP contribution in [0, 0.1) is 0 Å². The highest BCUT2D eigenvalue weighted by atomic mass is 16.5. The zero-order valence-corrected chi connectivity index (χ0v) is 10.4. The first-order valence-electron chi connectivity index (χ1n) is 5.89. The van der Waals surface area contributed by atoms with Crippen LogP contribution < -0.4 is 16.0 Å². The number of hydrogen-bond donors (Lipinski definition) is 2. The van der Waals surface area contributed by atoms with Gasteiger partial charge in [0, 0.05) is 26.0 Å². The Kier molecular flexibility index (Phi) is 4.68. The number of nitrogens with two attached hydrogens (primary N) is 1. The number of rotatable bonds is 5. The van der Waals surface area contributed by atoms with E-state index in [0.29, 0.717) is 24.1 Å². The van der Waals surface area contributed by atoms with Crippen molar-refractivity contribution in [3.8, 4) is 5.88 Å². The highest BCUT2D eigenvalue weighted by molar-refractivity contribution is 5.37. The normalized spacial score (nSPS) is 16.6. The van der Waals surface area contributed by atoms with Crippen molar-refractivity contribution in [2.24, 2.45) is 5.84 Å². The van der Waals surface area contributed by atoms with Crippen LogP contribution in [0.5, 0.6) is 5.88 Å². The highest BCUT2D eigenvalue weighted by Crippen LogP contribution is 2.18. The molecule has 1 saturated heterocycles. The second kappa shape index (κ2) is 6.48. The SMILES string of the molecule is COCc1nc(NN)cc(OC2CCOCC2)n1. The van der Waals surface area contributed by atoms with E-state index in [9.17, 15) is 0 Å². The Hall–Kier alpha value is -1.44. The molecule has 0 saturated carbocycles. The van der Waals surface area contributed by atoms with Gasteiger partial charge in [-0.05, 0) is 0 Å². The molecule has 0 bridgehead atoms. The third-order valence-electron chi connectivity index (χ3n) is 2.63. The monoisotopic (exact) mass is 254 g/mol. The molecule has 0 amide bonds. The van der Waals surface area contributed by atoms with Crippen LogP contribution in [-0.4, -0.2) is 36.4 Å². The fourth-order valence-corrected chi connectivity index (χ4v) is 1.77. The number of hydrazine groups is 1. The van der Waals surface area contributed by atoms with E-state index < -0.39 is 0 Å². The van der Waals surface area contributed by atoms with E-state index in [1.54, 1.807) is 13.2 Å². The van der Waals surface area contributed by atoms with E-state index >= 15 is 0 Å². The molecule has 0 aromatic carbocycles. The van der Waals surface area contributed by atoms with E-state index in [1.807, 2.05) is 0 Å². The molecular formula is C11H18N4O3. The molecule has 1 aromatic heterocycles. The Balaban J connectivity index is 2.07. The fourth-order valence-electron chi connectivity index (χ4n) is 1.77. The minimum atomic E-state index is 0.134. The lowest BCUT2D eigenvalue weighted by molar-refractivity contribution is 0.0234. The number of ether oxygens (including phenoxy) is 3. The van der Waals surface area contributed by atoms with Crippen LogP contribution >= 0.6 is 0 Å². The van der Waals surface area contributed by atoms with E-state index in [4.69, 9.17) is 20.1 Å². The Labute approximate surface area is 106 Å². The van der Waals surface area contributed by atoms with E-state index in [2.05, 4.69) is 15.4 Å². The summed E-state index contributed by atoms with van der Waals surface area (Å²) in [5.41, 5.74) is 2.49. The van der Waals surface area contributed by atoms with E-state index in [0.717, 1.165) is 26.1 Å². The minimum Gasteiger partial charge on any atom is -0.474 e. The van der Waals surface area contributed by atoms with E-state index in [-0.39, 0.29) is 6.10 Å². The molecule has 0 spiro atoms. The molecular weight excluding hydrogens is 236 g/mol. The first-order valence-corrected chi connectivity index (χ1v) is 5.89. The van der Waals surface area contributed by atoms with Crippen LogP contribution in [0.25, 0.3) is 0 Å². The largest absolute Gasteiger partial charge is 0.474 e. The lowest BCUT2D eigenvalue weighted by atomic mass is 10.2. The van der Waals surface area contributed by atoms with Gasteiger partial charge in [-0.25, -0.2) is 10.8 Å². The lowest BCUT2D eigenvalue weighted by Crippen LogP contribution is -2.26. The molecule has 0 aliphatic carbocycles. The molecule has 100 valence electrons. The first-order chi connectivity index (χ1) is 8.81. The van der Waals surface area contributed by atoms with Gasteiger partial charge >= 0.3 is 0 Å². The number of nitrogen functional groups attached to an aromatic ring is 1. The maximum atomic E-state index is 5.80. The summed E-state index contributed by atoms with van der Waals surface area (Å²) in [5.74, 6) is 6.92. The van der Waals surface area contributed by atoms with Crippen molar-refractivity contribution in [1.82, 2.24) is 9.97 Å². The summed E-state index contributed by atoms with van der Waals surface area (Å²) >= 11 is 0. The summed E-state index contributed by atoms with van der Waals surface area (Å²) in [6, 6.07) is 1.68. The van der Waals surface area contributed by atoms with Crippen molar-refractivity contribution < 1.29 is 14.2 Å². The Morgan fingerprint density at radius 2 is 2.22 bits per heavy atom. The summed E-state index contributed by atoms with van der Waals surface area (Å²) in [6.07, 6.45) is 1.87. The molecule has 2 heterocycles. The number of anilines is 1. The summed E-state index contributed by atoms with van der Waals surface area (Å²) in [6.45, 7) is 1.77. The van der Waals surface area contributed by atoms with Crippen molar-refractivity contribution in [3.63, 3.8) is 0 Å². The van der Waals surface area contributed by atoms with Crippen molar-refractivity contribution in [2.45, 2.75) is 25.6 Å². The molecule has 0 unspecified atom stereocenters. The van der Waals surface area contributed by atoms with Gasteiger partial charge in [0.15, 0.2) is 5.82 Å².